The Kier molecular flexibility index (Phi) is 4.92. The van der Waals surface area contributed by atoms with Crippen LogP contribution < -0.4 is 0 Å². The molecule has 0 amide bonds. The number of aromatic nitrogens is 1. The summed E-state index contributed by atoms with van der Waals surface area (Å²) >= 11 is 0. The number of non-ortho nitro benzene ring substituents is 1. The second-order valence-corrected chi connectivity index (χ2v) is 7.13. The first kappa shape index (κ1) is 17.7. The first-order valence-electron chi connectivity index (χ1n) is 9.25. The number of benzene rings is 2. The summed E-state index contributed by atoms with van der Waals surface area (Å²) in [6.07, 6.45) is 3.04. The normalized spacial score (nSPS) is 20.0. The highest BCUT2D eigenvalue weighted by molar-refractivity contribution is 5.92. The number of nitrogens with zero attached hydrogens (tertiary/aromatic N) is 1. The van der Waals surface area contributed by atoms with Crippen molar-refractivity contribution in [2.45, 2.75) is 44.5 Å². The van der Waals surface area contributed by atoms with E-state index in [1.165, 1.54) is 0 Å². The molecule has 140 valence electrons. The second kappa shape index (κ2) is 7.50. The van der Waals surface area contributed by atoms with Crippen molar-refractivity contribution < 1.29 is 14.8 Å². The number of hydrogen-bond donors (Lipinski definition) is 2. The SMILES string of the molecule is O=[N+]([O-])c1cc(COC2CCC(O)CC2)cc2cc(-c3ccccc3)[nH]c12. The van der Waals surface area contributed by atoms with Gasteiger partial charge in [0.05, 0.1) is 23.7 Å². The summed E-state index contributed by atoms with van der Waals surface area (Å²) in [6.45, 7) is 0.337. The van der Waals surface area contributed by atoms with Crippen LogP contribution in [0.2, 0.25) is 0 Å². The molecule has 0 spiro atoms. The molecule has 6 nitrogen and oxygen atoms in total. The number of aromatic amines is 1. The molecule has 0 atom stereocenters. The minimum atomic E-state index is -0.353. The van der Waals surface area contributed by atoms with Crippen LogP contribution in [0.1, 0.15) is 31.2 Å². The van der Waals surface area contributed by atoms with Crippen molar-refractivity contribution in [3.63, 3.8) is 0 Å². The number of fused-ring (bicyclic) bond motifs is 1. The number of H-pyrrole nitrogens is 1. The molecule has 6 heteroatoms. The van der Waals surface area contributed by atoms with Crippen molar-refractivity contribution in [2.75, 3.05) is 0 Å². The van der Waals surface area contributed by atoms with Gasteiger partial charge in [0, 0.05) is 17.1 Å². The van der Waals surface area contributed by atoms with Gasteiger partial charge in [-0.1, -0.05) is 30.3 Å². The lowest BCUT2D eigenvalue weighted by molar-refractivity contribution is -0.383. The van der Waals surface area contributed by atoms with E-state index >= 15 is 0 Å². The quantitative estimate of drug-likeness (QED) is 0.512. The first-order valence-corrected chi connectivity index (χ1v) is 9.25. The Morgan fingerprint density at radius 2 is 1.85 bits per heavy atom. The summed E-state index contributed by atoms with van der Waals surface area (Å²) < 4.78 is 5.95. The van der Waals surface area contributed by atoms with Gasteiger partial charge in [-0.15, -0.1) is 0 Å². The monoisotopic (exact) mass is 366 g/mol. The Labute approximate surface area is 156 Å². The molecule has 1 aromatic heterocycles. The van der Waals surface area contributed by atoms with Gasteiger partial charge in [-0.2, -0.15) is 0 Å². The van der Waals surface area contributed by atoms with Crippen LogP contribution in [0.15, 0.2) is 48.5 Å². The molecule has 0 saturated heterocycles. The molecule has 4 rings (SSSR count). The molecule has 1 saturated carbocycles. The van der Waals surface area contributed by atoms with Crippen LogP contribution in [0, 0.1) is 10.1 Å². The van der Waals surface area contributed by atoms with Crippen LogP contribution in [0.25, 0.3) is 22.2 Å². The van der Waals surface area contributed by atoms with Crippen molar-refractivity contribution >= 4 is 16.6 Å². The van der Waals surface area contributed by atoms with Crippen LogP contribution in [0.4, 0.5) is 5.69 Å². The summed E-state index contributed by atoms with van der Waals surface area (Å²) in [5, 5.41) is 22.0. The fraction of sp³-hybridized carbons (Fsp3) is 0.333. The highest BCUT2D eigenvalue weighted by atomic mass is 16.6. The molecule has 27 heavy (non-hydrogen) atoms. The van der Waals surface area contributed by atoms with E-state index in [9.17, 15) is 15.2 Å². The minimum Gasteiger partial charge on any atom is -0.393 e. The van der Waals surface area contributed by atoms with Crippen LogP contribution in [-0.4, -0.2) is 27.2 Å². The van der Waals surface area contributed by atoms with Crippen molar-refractivity contribution in [1.29, 1.82) is 0 Å². The first-order chi connectivity index (χ1) is 13.1. The summed E-state index contributed by atoms with van der Waals surface area (Å²) in [7, 11) is 0. The molecular formula is C21H22N2O4. The minimum absolute atomic E-state index is 0.0624. The van der Waals surface area contributed by atoms with E-state index in [1.807, 2.05) is 42.5 Å². The van der Waals surface area contributed by atoms with E-state index in [2.05, 4.69) is 4.98 Å². The molecule has 2 N–H and O–H groups in total. The Morgan fingerprint density at radius 3 is 2.56 bits per heavy atom. The molecule has 1 aliphatic rings. The molecular weight excluding hydrogens is 344 g/mol. The third-order valence-electron chi connectivity index (χ3n) is 5.18. The predicted molar refractivity (Wildman–Crippen MR) is 103 cm³/mol. The maximum Gasteiger partial charge on any atom is 0.293 e. The average molecular weight is 366 g/mol. The van der Waals surface area contributed by atoms with Crippen LogP contribution in [0.5, 0.6) is 0 Å². The van der Waals surface area contributed by atoms with Gasteiger partial charge in [0.15, 0.2) is 0 Å². The topological polar surface area (TPSA) is 88.4 Å². The third-order valence-corrected chi connectivity index (χ3v) is 5.18. The zero-order chi connectivity index (χ0) is 18.8. The van der Waals surface area contributed by atoms with Crippen molar-refractivity contribution in [1.82, 2.24) is 4.98 Å². The van der Waals surface area contributed by atoms with E-state index in [0.29, 0.717) is 12.1 Å². The number of ether oxygens (including phenoxy) is 1. The molecule has 1 heterocycles. The fourth-order valence-electron chi connectivity index (χ4n) is 3.71. The van der Waals surface area contributed by atoms with Gasteiger partial charge < -0.3 is 14.8 Å². The number of aliphatic hydroxyl groups is 1. The molecule has 0 unspecified atom stereocenters. The molecule has 0 bridgehead atoms. The van der Waals surface area contributed by atoms with E-state index in [-0.39, 0.29) is 22.8 Å². The van der Waals surface area contributed by atoms with E-state index in [1.54, 1.807) is 6.07 Å². The second-order valence-electron chi connectivity index (χ2n) is 7.13. The molecule has 1 aliphatic carbocycles. The molecule has 1 fully saturated rings. The molecule has 2 aromatic carbocycles. The van der Waals surface area contributed by atoms with Gasteiger partial charge in [-0.3, -0.25) is 10.1 Å². The smallest absolute Gasteiger partial charge is 0.293 e. The summed E-state index contributed by atoms with van der Waals surface area (Å²) in [5.74, 6) is 0. The summed E-state index contributed by atoms with van der Waals surface area (Å²) in [6, 6.07) is 15.2. The number of aliphatic hydroxyl groups excluding tert-OH is 1. The van der Waals surface area contributed by atoms with Gasteiger partial charge >= 0.3 is 0 Å². The van der Waals surface area contributed by atoms with Crippen LogP contribution in [-0.2, 0) is 11.3 Å². The maximum absolute atomic E-state index is 11.6. The maximum atomic E-state index is 11.6. The third kappa shape index (κ3) is 3.86. The molecule has 3 aromatic rings. The summed E-state index contributed by atoms with van der Waals surface area (Å²) in [5.41, 5.74) is 3.23. The van der Waals surface area contributed by atoms with Crippen molar-refractivity contribution in [3.8, 4) is 11.3 Å². The standard InChI is InChI=1S/C21H22N2O4/c24-17-6-8-18(9-7-17)27-13-14-10-16-12-19(15-4-2-1-3-5-15)22-21(16)20(11-14)23(25)26/h1-5,10-12,17-18,22,24H,6-9,13H2. The highest BCUT2D eigenvalue weighted by Gasteiger charge is 2.21. The van der Waals surface area contributed by atoms with E-state index in [0.717, 1.165) is 47.9 Å². The van der Waals surface area contributed by atoms with E-state index in [4.69, 9.17) is 4.74 Å². The number of hydrogen-bond acceptors (Lipinski definition) is 4. The van der Waals surface area contributed by atoms with Crippen LogP contribution in [0.3, 0.4) is 0 Å². The summed E-state index contributed by atoms with van der Waals surface area (Å²) in [4.78, 5) is 14.4. The zero-order valence-electron chi connectivity index (χ0n) is 14.9. The lowest BCUT2D eigenvalue weighted by Crippen LogP contribution is -2.24. The Morgan fingerprint density at radius 1 is 1.11 bits per heavy atom. The Bertz CT molecular complexity index is 943. The Hall–Kier alpha value is -2.70. The number of nitrogens with one attached hydrogen (secondary N) is 1. The van der Waals surface area contributed by atoms with Gasteiger partial charge in [0.1, 0.15) is 5.52 Å². The lowest BCUT2D eigenvalue weighted by Gasteiger charge is -2.25. The molecule has 0 radical (unpaired) electrons. The molecule has 0 aliphatic heterocycles. The number of nitro benzene ring substituents is 1. The van der Waals surface area contributed by atoms with E-state index < -0.39 is 0 Å². The predicted octanol–water partition coefficient (Wildman–Crippen LogP) is 4.56. The fourth-order valence-corrected chi connectivity index (χ4v) is 3.71. The van der Waals surface area contributed by atoms with Crippen molar-refractivity contribution in [2.24, 2.45) is 0 Å². The van der Waals surface area contributed by atoms with Gasteiger partial charge in [0.2, 0.25) is 0 Å². The van der Waals surface area contributed by atoms with Crippen LogP contribution >= 0.6 is 0 Å². The van der Waals surface area contributed by atoms with Gasteiger partial charge in [-0.25, -0.2) is 0 Å². The highest BCUT2D eigenvalue weighted by Crippen LogP contribution is 2.32. The van der Waals surface area contributed by atoms with Crippen molar-refractivity contribution in [3.05, 3.63) is 64.2 Å². The van der Waals surface area contributed by atoms with Gasteiger partial charge in [-0.05, 0) is 48.9 Å². The Balaban J connectivity index is 1.61. The average Bonchev–Trinajstić information content (AvgIpc) is 3.11. The van der Waals surface area contributed by atoms with Gasteiger partial charge in [0.25, 0.3) is 5.69 Å². The largest absolute Gasteiger partial charge is 0.393 e. The number of nitro groups is 1. The number of rotatable bonds is 5. The lowest BCUT2D eigenvalue weighted by atomic mass is 9.95. The zero-order valence-corrected chi connectivity index (χ0v) is 14.9.